The van der Waals surface area contributed by atoms with Gasteiger partial charge in [0.2, 0.25) is 0 Å². The standard InChI is InChI=1S/C15H15N5O2S/c1-12-4-6-14(7-5-12)23(21,22)19-15-17-11-20(18-15)10-13-3-2-8-16-9-13/h2-9,11H,10H2,1H3,(H,18,19). The molecule has 0 fully saturated rings. The molecule has 0 aliphatic carbocycles. The first-order valence-corrected chi connectivity index (χ1v) is 8.39. The SMILES string of the molecule is Cc1ccc(S(=O)(=O)Nc2ncn(Cc3cccnc3)n2)cc1. The molecule has 1 aromatic carbocycles. The molecule has 118 valence electrons. The Bertz CT molecular complexity index is 889. The molecule has 0 saturated carbocycles. The number of nitrogens with one attached hydrogen (secondary N) is 1. The second-order valence-corrected chi connectivity index (χ2v) is 6.73. The maximum absolute atomic E-state index is 12.3. The van der Waals surface area contributed by atoms with E-state index in [1.807, 2.05) is 19.1 Å². The van der Waals surface area contributed by atoms with E-state index in [9.17, 15) is 8.42 Å². The molecule has 1 N–H and O–H groups in total. The van der Waals surface area contributed by atoms with E-state index >= 15 is 0 Å². The molecule has 0 atom stereocenters. The van der Waals surface area contributed by atoms with Crippen LogP contribution in [0.2, 0.25) is 0 Å². The fourth-order valence-electron chi connectivity index (χ4n) is 1.99. The maximum Gasteiger partial charge on any atom is 0.264 e. The minimum Gasteiger partial charge on any atom is -0.264 e. The lowest BCUT2D eigenvalue weighted by molar-refractivity contribution is 0.600. The number of nitrogens with zero attached hydrogens (tertiary/aromatic N) is 4. The van der Waals surface area contributed by atoms with Gasteiger partial charge in [-0.1, -0.05) is 23.8 Å². The first-order chi connectivity index (χ1) is 11.0. The predicted molar refractivity (Wildman–Crippen MR) is 85.3 cm³/mol. The minimum atomic E-state index is -3.69. The zero-order valence-corrected chi connectivity index (χ0v) is 13.2. The van der Waals surface area contributed by atoms with Crippen molar-refractivity contribution in [2.45, 2.75) is 18.4 Å². The number of hydrogen-bond acceptors (Lipinski definition) is 5. The van der Waals surface area contributed by atoms with Crippen LogP contribution in [-0.4, -0.2) is 28.2 Å². The summed E-state index contributed by atoms with van der Waals surface area (Å²) in [4.78, 5) is 8.18. The molecule has 8 heteroatoms. The van der Waals surface area contributed by atoms with E-state index in [0.717, 1.165) is 11.1 Å². The number of pyridine rings is 1. The van der Waals surface area contributed by atoms with E-state index in [4.69, 9.17) is 0 Å². The number of aryl methyl sites for hydroxylation is 1. The van der Waals surface area contributed by atoms with Crippen LogP contribution in [0.25, 0.3) is 0 Å². The Hall–Kier alpha value is -2.74. The van der Waals surface area contributed by atoms with Crippen LogP contribution in [0.3, 0.4) is 0 Å². The van der Waals surface area contributed by atoms with Crippen molar-refractivity contribution in [1.82, 2.24) is 19.7 Å². The Morgan fingerprint density at radius 3 is 2.65 bits per heavy atom. The van der Waals surface area contributed by atoms with Gasteiger partial charge in [0.1, 0.15) is 6.33 Å². The summed E-state index contributed by atoms with van der Waals surface area (Å²) in [7, 11) is -3.69. The van der Waals surface area contributed by atoms with Gasteiger partial charge in [-0.2, -0.15) is 4.98 Å². The summed E-state index contributed by atoms with van der Waals surface area (Å²) in [5, 5.41) is 4.12. The van der Waals surface area contributed by atoms with Crippen LogP contribution in [0.15, 0.2) is 60.0 Å². The third-order valence-electron chi connectivity index (χ3n) is 3.16. The van der Waals surface area contributed by atoms with E-state index in [1.165, 1.54) is 6.33 Å². The summed E-state index contributed by atoms with van der Waals surface area (Å²) in [6, 6.07) is 10.3. The van der Waals surface area contributed by atoms with Gasteiger partial charge in [0, 0.05) is 12.4 Å². The smallest absolute Gasteiger partial charge is 0.264 e. The van der Waals surface area contributed by atoms with Crippen LogP contribution in [0.1, 0.15) is 11.1 Å². The summed E-state index contributed by atoms with van der Waals surface area (Å²) in [5.41, 5.74) is 1.94. The largest absolute Gasteiger partial charge is 0.264 e. The summed E-state index contributed by atoms with van der Waals surface area (Å²) in [5.74, 6) is 0.0365. The average Bonchev–Trinajstić information content (AvgIpc) is 2.95. The summed E-state index contributed by atoms with van der Waals surface area (Å²) in [6.45, 7) is 2.36. The Morgan fingerprint density at radius 2 is 1.96 bits per heavy atom. The summed E-state index contributed by atoms with van der Waals surface area (Å²) < 4.78 is 28.5. The third-order valence-corrected chi connectivity index (χ3v) is 4.50. The van der Waals surface area contributed by atoms with Crippen LogP contribution in [-0.2, 0) is 16.6 Å². The molecule has 0 spiro atoms. The van der Waals surface area contributed by atoms with E-state index < -0.39 is 10.0 Å². The van der Waals surface area contributed by atoms with Crippen molar-refractivity contribution >= 4 is 16.0 Å². The molecule has 2 heterocycles. The Morgan fingerprint density at radius 1 is 1.17 bits per heavy atom. The number of rotatable bonds is 5. The Kier molecular flexibility index (Phi) is 4.07. The molecule has 0 aliphatic rings. The molecule has 3 aromatic rings. The van der Waals surface area contributed by atoms with Gasteiger partial charge < -0.3 is 0 Å². The lowest BCUT2D eigenvalue weighted by Crippen LogP contribution is -2.14. The zero-order chi connectivity index (χ0) is 16.3. The van der Waals surface area contributed by atoms with Crippen molar-refractivity contribution < 1.29 is 8.42 Å². The molecule has 7 nitrogen and oxygen atoms in total. The van der Waals surface area contributed by atoms with E-state index in [0.29, 0.717) is 6.54 Å². The number of anilines is 1. The van der Waals surface area contributed by atoms with Crippen molar-refractivity contribution in [3.05, 3.63) is 66.2 Å². The highest BCUT2D eigenvalue weighted by Crippen LogP contribution is 2.13. The highest BCUT2D eigenvalue weighted by atomic mass is 32.2. The van der Waals surface area contributed by atoms with Crippen LogP contribution in [0.4, 0.5) is 5.95 Å². The first-order valence-electron chi connectivity index (χ1n) is 6.91. The van der Waals surface area contributed by atoms with Gasteiger partial charge in [0.05, 0.1) is 11.4 Å². The average molecular weight is 329 g/mol. The van der Waals surface area contributed by atoms with Crippen LogP contribution >= 0.6 is 0 Å². The van der Waals surface area contributed by atoms with Gasteiger partial charge >= 0.3 is 0 Å². The molecule has 0 amide bonds. The van der Waals surface area contributed by atoms with Crippen LogP contribution in [0, 0.1) is 6.92 Å². The summed E-state index contributed by atoms with van der Waals surface area (Å²) in [6.07, 6.45) is 4.88. The van der Waals surface area contributed by atoms with Gasteiger partial charge in [-0.05, 0) is 30.7 Å². The number of hydrogen-bond donors (Lipinski definition) is 1. The molecule has 3 rings (SSSR count). The van der Waals surface area contributed by atoms with Crippen molar-refractivity contribution in [3.63, 3.8) is 0 Å². The molecular weight excluding hydrogens is 314 g/mol. The second kappa shape index (κ2) is 6.17. The van der Waals surface area contributed by atoms with E-state index in [1.54, 1.807) is 41.3 Å². The van der Waals surface area contributed by atoms with Gasteiger partial charge in [-0.3, -0.25) is 4.98 Å². The highest BCUT2D eigenvalue weighted by molar-refractivity contribution is 7.92. The van der Waals surface area contributed by atoms with E-state index in [2.05, 4.69) is 19.8 Å². The monoisotopic (exact) mass is 329 g/mol. The number of aromatic nitrogens is 4. The lowest BCUT2D eigenvalue weighted by atomic mass is 10.2. The lowest BCUT2D eigenvalue weighted by Gasteiger charge is -2.05. The highest BCUT2D eigenvalue weighted by Gasteiger charge is 2.16. The van der Waals surface area contributed by atoms with Gasteiger partial charge in [-0.15, -0.1) is 5.10 Å². The van der Waals surface area contributed by atoms with Crippen molar-refractivity contribution in [3.8, 4) is 0 Å². The van der Waals surface area contributed by atoms with Crippen molar-refractivity contribution in [2.75, 3.05) is 4.72 Å². The normalized spacial score (nSPS) is 11.3. The quantitative estimate of drug-likeness (QED) is 0.771. The fourth-order valence-corrected chi connectivity index (χ4v) is 2.94. The maximum atomic E-state index is 12.3. The predicted octanol–water partition coefficient (Wildman–Crippen LogP) is 1.83. The Balaban J connectivity index is 1.74. The van der Waals surface area contributed by atoms with Crippen molar-refractivity contribution in [1.29, 1.82) is 0 Å². The molecule has 2 aromatic heterocycles. The van der Waals surface area contributed by atoms with Gasteiger partial charge in [-0.25, -0.2) is 17.8 Å². The molecule has 23 heavy (non-hydrogen) atoms. The van der Waals surface area contributed by atoms with Crippen LogP contribution in [0.5, 0.6) is 0 Å². The molecule has 0 saturated heterocycles. The fraction of sp³-hybridized carbons (Fsp3) is 0.133. The van der Waals surface area contributed by atoms with Gasteiger partial charge in [0.15, 0.2) is 0 Å². The second-order valence-electron chi connectivity index (χ2n) is 5.05. The zero-order valence-electron chi connectivity index (χ0n) is 12.4. The molecular formula is C15H15N5O2S. The number of sulfonamides is 1. The minimum absolute atomic E-state index is 0.0365. The van der Waals surface area contributed by atoms with Gasteiger partial charge in [0.25, 0.3) is 16.0 Å². The van der Waals surface area contributed by atoms with E-state index in [-0.39, 0.29) is 10.8 Å². The molecule has 0 radical (unpaired) electrons. The number of benzene rings is 1. The first kappa shape index (κ1) is 15.2. The topological polar surface area (TPSA) is 89.8 Å². The third kappa shape index (κ3) is 3.72. The Labute approximate surface area is 134 Å². The molecule has 0 unspecified atom stereocenters. The molecule has 0 aliphatic heterocycles. The molecule has 0 bridgehead atoms. The van der Waals surface area contributed by atoms with Crippen LogP contribution < -0.4 is 4.72 Å². The van der Waals surface area contributed by atoms with Crippen molar-refractivity contribution in [2.24, 2.45) is 0 Å². The summed E-state index contributed by atoms with van der Waals surface area (Å²) >= 11 is 0.